The molecule has 4 atom stereocenters. The molecule has 3 saturated carbocycles. The summed E-state index contributed by atoms with van der Waals surface area (Å²) >= 11 is 0. The van der Waals surface area contributed by atoms with E-state index in [0.29, 0.717) is 5.41 Å². The summed E-state index contributed by atoms with van der Waals surface area (Å²) in [6.45, 7) is 0. The molecule has 3 aliphatic carbocycles. The molecule has 2 bridgehead atoms. The van der Waals surface area contributed by atoms with Gasteiger partial charge in [-0.2, -0.15) is 0 Å². The maximum absolute atomic E-state index is 10.4. The highest BCUT2D eigenvalue weighted by molar-refractivity contribution is 5.57. The van der Waals surface area contributed by atoms with Crippen LogP contribution in [0.15, 0.2) is 0 Å². The predicted octanol–water partition coefficient (Wildman–Crippen LogP) is 2.26. The van der Waals surface area contributed by atoms with E-state index in [1.165, 1.54) is 25.7 Å². The van der Waals surface area contributed by atoms with E-state index in [4.69, 9.17) is 9.84 Å². The lowest BCUT2D eigenvalue weighted by Crippen LogP contribution is -2.18. The zero-order chi connectivity index (χ0) is 9.05. The minimum absolute atomic E-state index is 0.0419. The van der Waals surface area contributed by atoms with Gasteiger partial charge >= 0.3 is 6.16 Å². The van der Waals surface area contributed by atoms with Crippen molar-refractivity contribution in [1.82, 2.24) is 0 Å². The van der Waals surface area contributed by atoms with Crippen LogP contribution in [0.5, 0.6) is 0 Å². The Labute approximate surface area is 77.1 Å². The average Bonchev–Trinajstić information content (AvgIpc) is 2.48. The van der Waals surface area contributed by atoms with Crippen molar-refractivity contribution in [2.75, 3.05) is 0 Å². The minimum atomic E-state index is -1.09. The van der Waals surface area contributed by atoms with E-state index >= 15 is 0 Å². The van der Waals surface area contributed by atoms with Gasteiger partial charge in [-0.3, -0.25) is 0 Å². The monoisotopic (exact) mass is 182 g/mol. The second-order valence-corrected chi connectivity index (χ2v) is 4.89. The topological polar surface area (TPSA) is 46.5 Å². The number of fused-ring (bicyclic) bond motifs is 3. The summed E-state index contributed by atoms with van der Waals surface area (Å²) in [5.41, 5.74) is 0.307. The van der Waals surface area contributed by atoms with E-state index in [1.54, 1.807) is 0 Å². The average molecular weight is 182 g/mol. The molecule has 1 spiro atoms. The molecule has 13 heavy (non-hydrogen) atoms. The summed E-state index contributed by atoms with van der Waals surface area (Å²) in [5, 5.41) is 8.52. The van der Waals surface area contributed by atoms with Crippen LogP contribution in [-0.4, -0.2) is 17.4 Å². The van der Waals surface area contributed by atoms with Crippen LogP contribution >= 0.6 is 0 Å². The van der Waals surface area contributed by atoms with Gasteiger partial charge in [0.05, 0.1) is 0 Å². The van der Waals surface area contributed by atoms with E-state index in [2.05, 4.69) is 0 Å². The van der Waals surface area contributed by atoms with Gasteiger partial charge in [0.25, 0.3) is 0 Å². The van der Waals surface area contributed by atoms with Gasteiger partial charge in [0.1, 0.15) is 6.10 Å². The van der Waals surface area contributed by atoms with Crippen LogP contribution in [0.4, 0.5) is 4.79 Å². The second-order valence-electron chi connectivity index (χ2n) is 4.89. The van der Waals surface area contributed by atoms with Crippen molar-refractivity contribution in [2.24, 2.45) is 17.3 Å². The van der Waals surface area contributed by atoms with Crippen molar-refractivity contribution < 1.29 is 14.6 Å². The van der Waals surface area contributed by atoms with E-state index in [1.807, 2.05) is 0 Å². The summed E-state index contributed by atoms with van der Waals surface area (Å²) in [5.74, 6) is 1.66. The first kappa shape index (κ1) is 7.65. The zero-order valence-corrected chi connectivity index (χ0v) is 7.53. The molecule has 0 aromatic rings. The first-order valence-corrected chi connectivity index (χ1v) is 5.10. The number of carboxylic acid groups (broad SMARTS) is 1. The van der Waals surface area contributed by atoms with Crippen molar-refractivity contribution in [3.8, 4) is 0 Å². The van der Waals surface area contributed by atoms with Crippen LogP contribution in [0.1, 0.15) is 32.1 Å². The SMILES string of the molecule is O=C(O)OC1CC12CC1CCC2C1. The summed E-state index contributed by atoms with van der Waals surface area (Å²) < 4.78 is 4.87. The maximum atomic E-state index is 10.4. The molecule has 3 nitrogen and oxygen atoms in total. The fourth-order valence-electron chi connectivity index (χ4n) is 3.70. The molecule has 0 aromatic heterocycles. The van der Waals surface area contributed by atoms with E-state index < -0.39 is 6.16 Å². The maximum Gasteiger partial charge on any atom is 0.506 e. The number of ether oxygens (including phenoxy) is 1. The van der Waals surface area contributed by atoms with Gasteiger partial charge in [-0.25, -0.2) is 4.79 Å². The van der Waals surface area contributed by atoms with E-state index in [0.717, 1.165) is 18.3 Å². The van der Waals surface area contributed by atoms with Crippen molar-refractivity contribution in [2.45, 2.75) is 38.2 Å². The normalized spacial score (nSPS) is 51.2. The van der Waals surface area contributed by atoms with Crippen molar-refractivity contribution in [3.63, 3.8) is 0 Å². The van der Waals surface area contributed by atoms with Gasteiger partial charge in [0.2, 0.25) is 0 Å². The van der Waals surface area contributed by atoms with Gasteiger partial charge < -0.3 is 9.84 Å². The number of rotatable bonds is 1. The van der Waals surface area contributed by atoms with Crippen molar-refractivity contribution in [1.29, 1.82) is 0 Å². The smallest absolute Gasteiger partial charge is 0.450 e. The Kier molecular flexibility index (Phi) is 1.29. The van der Waals surface area contributed by atoms with Crippen LogP contribution < -0.4 is 0 Å². The lowest BCUT2D eigenvalue weighted by molar-refractivity contribution is 0.0633. The predicted molar refractivity (Wildman–Crippen MR) is 45.4 cm³/mol. The van der Waals surface area contributed by atoms with Gasteiger partial charge in [-0.05, 0) is 37.5 Å². The molecule has 0 aromatic carbocycles. The molecule has 0 saturated heterocycles. The molecule has 4 unspecified atom stereocenters. The molecule has 0 heterocycles. The highest BCUT2D eigenvalue weighted by atomic mass is 16.7. The molecular formula is C10H14O3. The van der Waals surface area contributed by atoms with Gasteiger partial charge in [-0.15, -0.1) is 0 Å². The van der Waals surface area contributed by atoms with Crippen LogP contribution in [0.3, 0.4) is 0 Å². The number of carbonyl (C=O) groups is 1. The molecule has 0 radical (unpaired) electrons. The standard InChI is InChI=1S/C10H14O3/c11-9(12)13-8-5-10(8)4-6-1-2-7(10)3-6/h6-8H,1-5H2,(H,11,12). The lowest BCUT2D eigenvalue weighted by atomic mass is 9.85. The van der Waals surface area contributed by atoms with Crippen LogP contribution in [-0.2, 0) is 4.74 Å². The Bertz CT molecular complexity index is 263. The molecule has 1 N–H and O–H groups in total. The van der Waals surface area contributed by atoms with Crippen LogP contribution in [0, 0.1) is 17.3 Å². The van der Waals surface area contributed by atoms with E-state index in [-0.39, 0.29) is 6.10 Å². The highest BCUT2D eigenvalue weighted by Crippen LogP contribution is 2.69. The molecular weight excluding hydrogens is 168 g/mol. The quantitative estimate of drug-likeness (QED) is 0.633. The van der Waals surface area contributed by atoms with Crippen LogP contribution in [0.2, 0.25) is 0 Å². The van der Waals surface area contributed by atoms with Crippen LogP contribution in [0.25, 0.3) is 0 Å². The Morgan fingerprint density at radius 2 is 2.23 bits per heavy atom. The van der Waals surface area contributed by atoms with Crippen molar-refractivity contribution >= 4 is 6.16 Å². The fraction of sp³-hybridized carbons (Fsp3) is 0.900. The lowest BCUT2D eigenvalue weighted by Gasteiger charge is -2.21. The largest absolute Gasteiger partial charge is 0.506 e. The van der Waals surface area contributed by atoms with Gasteiger partial charge in [0.15, 0.2) is 0 Å². The fourth-order valence-corrected chi connectivity index (χ4v) is 3.70. The second kappa shape index (κ2) is 2.20. The molecule has 3 heteroatoms. The molecule has 0 amide bonds. The first-order valence-electron chi connectivity index (χ1n) is 5.10. The third kappa shape index (κ3) is 0.930. The molecule has 0 aliphatic heterocycles. The molecule has 3 rings (SSSR count). The zero-order valence-electron chi connectivity index (χ0n) is 7.53. The van der Waals surface area contributed by atoms with Gasteiger partial charge in [0, 0.05) is 5.41 Å². The van der Waals surface area contributed by atoms with Crippen molar-refractivity contribution in [3.05, 3.63) is 0 Å². The third-order valence-electron chi connectivity index (χ3n) is 4.31. The third-order valence-corrected chi connectivity index (χ3v) is 4.31. The van der Waals surface area contributed by atoms with E-state index in [9.17, 15) is 4.79 Å². The molecule has 3 aliphatic rings. The Morgan fingerprint density at radius 3 is 2.77 bits per heavy atom. The molecule has 3 fully saturated rings. The number of hydrogen-bond donors (Lipinski definition) is 1. The first-order chi connectivity index (χ1) is 6.21. The highest BCUT2D eigenvalue weighted by Gasteiger charge is 2.67. The Morgan fingerprint density at radius 1 is 1.38 bits per heavy atom. The number of hydrogen-bond acceptors (Lipinski definition) is 2. The minimum Gasteiger partial charge on any atom is -0.450 e. The summed E-state index contributed by atoms with van der Waals surface area (Å²) in [4.78, 5) is 10.4. The summed E-state index contributed by atoms with van der Waals surface area (Å²) in [6.07, 6.45) is 5.19. The van der Waals surface area contributed by atoms with Gasteiger partial charge in [-0.1, -0.05) is 6.42 Å². The summed E-state index contributed by atoms with van der Waals surface area (Å²) in [7, 11) is 0. The Hall–Kier alpha value is -0.730. The molecule has 72 valence electrons. The summed E-state index contributed by atoms with van der Waals surface area (Å²) in [6, 6.07) is 0. The Balaban J connectivity index is 1.71.